The van der Waals surface area contributed by atoms with Gasteiger partial charge in [-0.3, -0.25) is 10.1 Å². The number of nitrogens with zero attached hydrogens (tertiary/aromatic N) is 5. The standard InChI is InChI=1S/C15H7Cl2N5O2S/c16-9-3-6-11(12(17)7-9)13-18-19-15-21(13)20-14(25-15)8-1-4-10(5-2-8)22(23)24/h1-7H. The van der Waals surface area contributed by atoms with E-state index in [1.807, 2.05) is 0 Å². The van der Waals surface area contributed by atoms with Crippen LogP contribution in [0.1, 0.15) is 0 Å². The van der Waals surface area contributed by atoms with E-state index in [0.29, 0.717) is 31.4 Å². The second-order valence-corrected chi connectivity index (χ2v) is 6.85. The molecule has 4 rings (SSSR count). The molecule has 2 aromatic heterocycles. The summed E-state index contributed by atoms with van der Waals surface area (Å²) < 4.78 is 1.59. The zero-order chi connectivity index (χ0) is 17.6. The minimum absolute atomic E-state index is 0.0281. The topological polar surface area (TPSA) is 86.2 Å². The highest BCUT2D eigenvalue weighted by molar-refractivity contribution is 7.19. The van der Waals surface area contributed by atoms with Gasteiger partial charge in [0.2, 0.25) is 4.96 Å². The molecule has 4 aromatic rings. The molecule has 124 valence electrons. The van der Waals surface area contributed by atoms with Crippen molar-refractivity contribution in [3.05, 3.63) is 62.6 Å². The molecule has 0 N–H and O–H groups in total. The van der Waals surface area contributed by atoms with Gasteiger partial charge in [-0.2, -0.15) is 9.61 Å². The number of benzene rings is 2. The third-order valence-electron chi connectivity index (χ3n) is 3.49. The largest absolute Gasteiger partial charge is 0.269 e. The Morgan fingerprint density at radius 1 is 1.08 bits per heavy atom. The van der Waals surface area contributed by atoms with E-state index in [1.54, 1.807) is 34.8 Å². The average molecular weight is 392 g/mol. The Labute approximate surface area is 154 Å². The molecule has 0 saturated heterocycles. The molecule has 10 heteroatoms. The van der Waals surface area contributed by atoms with E-state index < -0.39 is 4.92 Å². The molecule has 0 spiro atoms. The van der Waals surface area contributed by atoms with Gasteiger partial charge < -0.3 is 0 Å². The fraction of sp³-hybridized carbons (Fsp3) is 0. The quantitative estimate of drug-likeness (QED) is 0.372. The fourth-order valence-electron chi connectivity index (χ4n) is 2.30. The Hall–Kier alpha value is -2.55. The van der Waals surface area contributed by atoms with Crippen molar-refractivity contribution < 1.29 is 4.92 Å². The number of nitro groups is 1. The van der Waals surface area contributed by atoms with Crippen molar-refractivity contribution in [2.24, 2.45) is 0 Å². The van der Waals surface area contributed by atoms with Gasteiger partial charge in [-0.05, 0) is 30.3 Å². The van der Waals surface area contributed by atoms with Crippen molar-refractivity contribution >= 4 is 45.2 Å². The Morgan fingerprint density at radius 3 is 2.52 bits per heavy atom. The molecule has 0 unspecified atom stereocenters. The van der Waals surface area contributed by atoms with Crippen LogP contribution in [0.4, 0.5) is 5.69 Å². The first-order valence-electron chi connectivity index (χ1n) is 6.95. The van der Waals surface area contributed by atoms with Crippen molar-refractivity contribution in [3.8, 4) is 22.0 Å². The SMILES string of the molecule is O=[N+]([O-])c1ccc(-c2nn3c(-c4ccc(Cl)cc4Cl)nnc3s2)cc1. The van der Waals surface area contributed by atoms with Crippen LogP contribution in [0, 0.1) is 10.1 Å². The lowest BCUT2D eigenvalue weighted by atomic mass is 10.2. The van der Waals surface area contributed by atoms with E-state index in [9.17, 15) is 10.1 Å². The van der Waals surface area contributed by atoms with E-state index in [2.05, 4.69) is 15.3 Å². The first kappa shape index (κ1) is 15.9. The van der Waals surface area contributed by atoms with Crippen LogP contribution in [0.15, 0.2) is 42.5 Å². The highest BCUT2D eigenvalue weighted by Crippen LogP contribution is 2.32. The molecule has 0 radical (unpaired) electrons. The molecule has 2 aromatic carbocycles. The number of aromatic nitrogens is 4. The molecule has 0 aliphatic rings. The first-order valence-corrected chi connectivity index (χ1v) is 8.52. The third kappa shape index (κ3) is 2.84. The van der Waals surface area contributed by atoms with Gasteiger partial charge in [-0.15, -0.1) is 10.2 Å². The number of non-ortho nitro benzene ring substituents is 1. The summed E-state index contributed by atoms with van der Waals surface area (Å²) in [5.74, 6) is 0.501. The normalized spacial score (nSPS) is 11.1. The maximum Gasteiger partial charge on any atom is 0.269 e. The van der Waals surface area contributed by atoms with Gasteiger partial charge >= 0.3 is 0 Å². The Balaban J connectivity index is 1.79. The van der Waals surface area contributed by atoms with Crippen molar-refractivity contribution in [2.75, 3.05) is 0 Å². The van der Waals surface area contributed by atoms with Gasteiger partial charge in [-0.1, -0.05) is 34.5 Å². The maximum atomic E-state index is 10.8. The Kier molecular flexibility index (Phi) is 3.87. The molecule has 0 saturated carbocycles. The van der Waals surface area contributed by atoms with E-state index in [4.69, 9.17) is 23.2 Å². The second kappa shape index (κ2) is 6.07. The summed E-state index contributed by atoms with van der Waals surface area (Å²) in [5.41, 5.74) is 1.45. The summed E-state index contributed by atoms with van der Waals surface area (Å²) >= 11 is 13.5. The number of nitro benzene ring substituents is 1. The lowest BCUT2D eigenvalue weighted by Gasteiger charge is -2.01. The van der Waals surface area contributed by atoms with Crippen LogP contribution in [0.25, 0.3) is 26.9 Å². The summed E-state index contributed by atoms with van der Waals surface area (Å²) in [6.07, 6.45) is 0. The van der Waals surface area contributed by atoms with Gasteiger partial charge in [0, 0.05) is 28.3 Å². The lowest BCUT2D eigenvalue weighted by Crippen LogP contribution is -1.92. The summed E-state index contributed by atoms with van der Waals surface area (Å²) in [4.78, 5) is 10.9. The zero-order valence-corrected chi connectivity index (χ0v) is 14.6. The molecule has 2 heterocycles. The molecular formula is C15H7Cl2N5O2S. The molecular weight excluding hydrogens is 385 g/mol. The van der Waals surface area contributed by atoms with Crippen LogP contribution in [0.2, 0.25) is 10.0 Å². The minimum atomic E-state index is -0.441. The number of fused-ring (bicyclic) bond motifs is 1. The monoisotopic (exact) mass is 391 g/mol. The van der Waals surface area contributed by atoms with E-state index in [0.717, 1.165) is 5.56 Å². The molecule has 25 heavy (non-hydrogen) atoms. The highest BCUT2D eigenvalue weighted by Gasteiger charge is 2.17. The highest BCUT2D eigenvalue weighted by atomic mass is 35.5. The number of hydrogen-bond acceptors (Lipinski definition) is 6. The van der Waals surface area contributed by atoms with Gasteiger partial charge in [0.15, 0.2) is 5.82 Å². The molecule has 7 nitrogen and oxygen atoms in total. The minimum Gasteiger partial charge on any atom is -0.258 e. The Morgan fingerprint density at radius 2 is 1.84 bits per heavy atom. The zero-order valence-electron chi connectivity index (χ0n) is 12.3. The van der Waals surface area contributed by atoms with Crippen LogP contribution in [0.5, 0.6) is 0 Å². The summed E-state index contributed by atoms with van der Waals surface area (Å²) in [6.45, 7) is 0. The van der Waals surface area contributed by atoms with Gasteiger partial charge in [0.05, 0.1) is 9.95 Å². The predicted octanol–water partition coefficient (Wildman–Crippen LogP) is 4.73. The second-order valence-electron chi connectivity index (χ2n) is 5.05. The van der Waals surface area contributed by atoms with Crippen molar-refractivity contribution in [1.82, 2.24) is 19.8 Å². The van der Waals surface area contributed by atoms with Crippen LogP contribution in [0.3, 0.4) is 0 Å². The number of rotatable bonds is 3. The first-order chi connectivity index (χ1) is 12.0. The van der Waals surface area contributed by atoms with Crippen LogP contribution < -0.4 is 0 Å². The molecule has 0 aliphatic carbocycles. The van der Waals surface area contributed by atoms with Crippen molar-refractivity contribution in [1.29, 1.82) is 0 Å². The van der Waals surface area contributed by atoms with Crippen LogP contribution in [-0.4, -0.2) is 24.7 Å². The van der Waals surface area contributed by atoms with Crippen molar-refractivity contribution in [3.63, 3.8) is 0 Å². The average Bonchev–Trinajstić information content (AvgIpc) is 3.16. The van der Waals surface area contributed by atoms with E-state index in [-0.39, 0.29) is 5.69 Å². The molecule has 0 amide bonds. The Bertz CT molecular complexity index is 1110. The molecule has 0 bridgehead atoms. The summed E-state index contributed by atoms with van der Waals surface area (Å²) in [5, 5.41) is 25.2. The van der Waals surface area contributed by atoms with E-state index >= 15 is 0 Å². The fourth-order valence-corrected chi connectivity index (χ4v) is 3.64. The van der Waals surface area contributed by atoms with Crippen molar-refractivity contribution in [2.45, 2.75) is 0 Å². The summed E-state index contributed by atoms with van der Waals surface area (Å²) in [6, 6.07) is 11.3. The van der Waals surface area contributed by atoms with Gasteiger partial charge in [-0.25, -0.2) is 0 Å². The van der Waals surface area contributed by atoms with Crippen LogP contribution >= 0.6 is 34.5 Å². The van der Waals surface area contributed by atoms with Gasteiger partial charge in [0.1, 0.15) is 5.01 Å². The summed E-state index contributed by atoms with van der Waals surface area (Å²) in [7, 11) is 0. The number of halogens is 2. The lowest BCUT2D eigenvalue weighted by molar-refractivity contribution is -0.384. The van der Waals surface area contributed by atoms with E-state index in [1.165, 1.54) is 23.5 Å². The smallest absolute Gasteiger partial charge is 0.258 e. The molecule has 0 atom stereocenters. The maximum absolute atomic E-state index is 10.8. The van der Waals surface area contributed by atoms with Crippen LogP contribution in [-0.2, 0) is 0 Å². The van der Waals surface area contributed by atoms with Gasteiger partial charge in [0.25, 0.3) is 5.69 Å². The predicted molar refractivity (Wildman–Crippen MR) is 96.2 cm³/mol. The molecule has 0 fully saturated rings. The third-order valence-corrected chi connectivity index (χ3v) is 4.98. The number of hydrogen-bond donors (Lipinski definition) is 0. The molecule has 0 aliphatic heterocycles.